The van der Waals surface area contributed by atoms with E-state index in [1.165, 1.54) is 55.3 Å². The van der Waals surface area contributed by atoms with Crippen LogP contribution in [-0.2, 0) is 0 Å². The number of hydrogen-bond acceptors (Lipinski definition) is 2. The molecule has 2 rings (SSSR count). The number of hydrogen-bond donors (Lipinski definition) is 1. The molecule has 2 heteroatoms. The van der Waals surface area contributed by atoms with E-state index in [2.05, 4.69) is 56.2 Å². The van der Waals surface area contributed by atoms with E-state index in [9.17, 15) is 0 Å². The second-order valence-corrected chi connectivity index (χ2v) is 6.61. The zero-order valence-corrected chi connectivity index (χ0v) is 14.3. The fourth-order valence-electron chi connectivity index (χ4n) is 3.65. The standard InChI is InChI=1S/C19H32N2/c1-5-17-9-7-6-8-12-21(17)14-19(20-4)18-13-15(2)10-11-16(18)3/h10-11,13,17,19-20H,5-9,12,14H2,1-4H3. The van der Waals surface area contributed by atoms with E-state index in [4.69, 9.17) is 0 Å². The molecular weight excluding hydrogens is 256 g/mol. The average molecular weight is 288 g/mol. The molecule has 1 N–H and O–H groups in total. The topological polar surface area (TPSA) is 15.3 Å². The third kappa shape index (κ3) is 4.31. The molecule has 1 aliphatic rings. The lowest BCUT2D eigenvalue weighted by Crippen LogP contribution is -2.40. The van der Waals surface area contributed by atoms with Crippen LogP contribution in [0.4, 0.5) is 0 Å². The van der Waals surface area contributed by atoms with Gasteiger partial charge in [0.25, 0.3) is 0 Å². The highest BCUT2D eigenvalue weighted by atomic mass is 15.2. The molecule has 1 fully saturated rings. The van der Waals surface area contributed by atoms with Crippen molar-refractivity contribution in [1.82, 2.24) is 10.2 Å². The van der Waals surface area contributed by atoms with Crippen LogP contribution in [0.5, 0.6) is 0 Å². The van der Waals surface area contributed by atoms with E-state index < -0.39 is 0 Å². The average Bonchev–Trinajstić information content (AvgIpc) is 2.72. The minimum atomic E-state index is 0.442. The number of aryl methyl sites for hydroxylation is 2. The van der Waals surface area contributed by atoms with E-state index in [0.29, 0.717) is 6.04 Å². The Morgan fingerprint density at radius 2 is 2.05 bits per heavy atom. The van der Waals surface area contributed by atoms with Crippen molar-refractivity contribution in [3.8, 4) is 0 Å². The van der Waals surface area contributed by atoms with E-state index in [1.807, 2.05) is 0 Å². The third-order valence-corrected chi connectivity index (χ3v) is 5.05. The van der Waals surface area contributed by atoms with Crippen LogP contribution >= 0.6 is 0 Å². The summed E-state index contributed by atoms with van der Waals surface area (Å²) in [5.74, 6) is 0. The number of benzene rings is 1. The quantitative estimate of drug-likeness (QED) is 0.872. The summed E-state index contributed by atoms with van der Waals surface area (Å²) in [4.78, 5) is 2.73. The highest BCUT2D eigenvalue weighted by Crippen LogP contribution is 2.25. The van der Waals surface area contributed by atoms with Gasteiger partial charge in [0, 0.05) is 18.6 Å². The van der Waals surface area contributed by atoms with Crippen molar-refractivity contribution >= 4 is 0 Å². The Labute approximate surface area is 130 Å². The Hall–Kier alpha value is -0.860. The van der Waals surface area contributed by atoms with Gasteiger partial charge in [-0.15, -0.1) is 0 Å². The fourth-order valence-corrected chi connectivity index (χ4v) is 3.65. The molecule has 2 atom stereocenters. The van der Waals surface area contributed by atoms with Crippen LogP contribution in [0, 0.1) is 13.8 Å². The van der Waals surface area contributed by atoms with Gasteiger partial charge < -0.3 is 5.32 Å². The van der Waals surface area contributed by atoms with Crippen molar-refractivity contribution < 1.29 is 0 Å². The predicted octanol–water partition coefficient (Wildman–Crippen LogP) is 4.22. The molecule has 1 aromatic rings. The Balaban J connectivity index is 2.15. The van der Waals surface area contributed by atoms with Crippen LogP contribution in [0.15, 0.2) is 18.2 Å². The summed E-state index contributed by atoms with van der Waals surface area (Å²) in [6, 6.07) is 8.04. The molecule has 2 nitrogen and oxygen atoms in total. The highest BCUT2D eigenvalue weighted by molar-refractivity contribution is 5.33. The summed E-state index contributed by atoms with van der Waals surface area (Å²) in [6.07, 6.45) is 6.83. The van der Waals surface area contributed by atoms with Gasteiger partial charge in [0.2, 0.25) is 0 Å². The second-order valence-electron chi connectivity index (χ2n) is 6.61. The van der Waals surface area contributed by atoms with Crippen LogP contribution in [0.2, 0.25) is 0 Å². The molecule has 118 valence electrons. The predicted molar refractivity (Wildman–Crippen MR) is 91.8 cm³/mol. The molecule has 2 unspecified atom stereocenters. The Bertz CT molecular complexity index is 441. The molecule has 0 aliphatic carbocycles. The summed E-state index contributed by atoms with van der Waals surface area (Å²) >= 11 is 0. The summed E-state index contributed by atoms with van der Waals surface area (Å²) in [6.45, 7) is 9.17. The Morgan fingerprint density at radius 3 is 2.76 bits per heavy atom. The van der Waals surface area contributed by atoms with E-state index >= 15 is 0 Å². The van der Waals surface area contributed by atoms with Crippen LogP contribution in [0.25, 0.3) is 0 Å². The van der Waals surface area contributed by atoms with E-state index in [0.717, 1.165) is 12.6 Å². The van der Waals surface area contributed by atoms with Gasteiger partial charge >= 0.3 is 0 Å². The first-order chi connectivity index (χ1) is 10.2. The molecule has 1 saturated heterocycles. The first-order valence-electron chi connectivity index (χ1n) is 8.64. The SMILES string of the molecule is CCC1CCCCCN1CC(NC)c1cc(C)ccc1C. The van der Waals surface area contributed by atoms with Crippen molar-refractivity contribution in [2.24, 2.45) is 0 Å². The van der Waals surface area contributed by atoms with Crippen molar-refractivity contribution in [2.45, 2.75) is 65.0 Å². The van der Waals surface area contributed by atoms with Gasteiger partial charge in [-0.05, 0) is 57.8 Å². The number of likely N-dealkylation sites (tertiary alicyclic amines) is 1. The van der Waals surface area contributed by atoms with Gasteiger partial charge in [0.15, 0.2) is 0 Å². The van der Waals surface area contributed by atoms with Crippen LogP contribution < -0.4 is 5.32 Å². The van der Waals surface area contributed by atoms with Gasteiger partial charge in [-0.3, -0.25) is 4.90 Å². The molecule has 21 heavy (non-hydrogen) atoms. The summed E-state index contributed by atoms with van der Waals surface area (Å²) in [5.41, 5.74) is 4.23. The van der Waals surface area contributed by atoms with Crippen molar-refractivity contribution in [2.75, 3.05) is 20.1 Å². The molecule has 1 heterocycles. The second kappa shape index (κ2) is 7.95. The first-order valence-corrected chi connectivity index (χ1v) is 8.64. The first kappa shape index (κ1) is 16.5. The molecular formula is C19H32N2. The van der Waals surface area contributed by atoms with E-state index in [1.54, 1.807) is 0 Å². The molecule has 0 spiro atoms. The van der Waals surface area contributed by atoms with Crippen LogP contribution in [0.3, 0.4) is 0 Å². The number of rotatable bonds is 5. The molecule has 1 aromatic carbocycles. The molecule has 0 bridgehead atoms. The minimum absolute atomic E-state index is 0.442. The number of nitrogens with zero attached hydrogens (tertiary/aromatic N) is 1. The molecule has 0 amide bonds. The van der Waals surface area contributed by atoms with Gasteiger partial charge in [0.1, 0.15) is 0 Å². The summed E-state index contributed by atoms with van der Waals surface area (Å²) in [7, 11) is 2.10. The molecule has 1 aliphatic heterocycles. The van der Waals surface area contributed by atoms with Gasteiger partial charge in [-0.2, -0.15) is 0 Å². The molecule has 0 saturated carbocycles. The van der Waals surface area contributed by atoms with Gasteiger partial charge in [-0.1, -0.05) is 43.5 Å². The Kier molecular flexibility index (Phi) is 6.25. The van der Waals surface area contributed by atoms with Crippen LogP contribution in [0.1, 0.15) is 61.8 Å². The lowest BCUT2D eigenvalue weighted by molar-refractivity contribution is 0.176. The third-order valence-electron chi connectivity index (χ3n) is 5.05. The fraction of sp³-hybridized carbons (Fsp3) is 0.684. The maximum Gasteiger partial charge on any atom is 0.0449 e. The van der Waals surface area contributed by atoms with E-state index in [-0.39, 0.29) is 0 Å². The minimum Gasteiger partial charge on any atom is -0.312 e. The van der Waals surface area contributed by atoms with Crippen molar-refractivity contribution in [3.63, 3.8) is 0 Å². The summed E-state index contributed by atoms with van der Waals surface area (Å²) in [5, 5.41) is 3.56. The van der Waals surface area contributed by atoms with Gasteiger partial charge in [-0.25, -0.2) is 0 Å². The number of nitrogens with one attached hydrogen (secondary N) is 1. The lowest BCUT2D eigenvalue weighted by atomic mass is 9.97. The Morgan fingerprint density at radius 1 is 1.24 bits per heavy atom. The highest BCUT2D eigenvalue weighted by Gasteiger charge is 2.23. The molecule has 0 aromatic heterocycles. The molecule has 0 radical (unpaired) electrons. The van der Waals surface area contributed by atoms with Crippen LogP contribution in [-0.4, -0.2) is 31.1 Å². The monoisotopic (exact) mass is 288 g/mol. The maximum absolute atomic E-state index is 3.56. The normalized spacial score (nSPS) is 22.0. The zero-order chi connectivity index (χ0) is 15.2. The van der Waals surface area contributed by atoms with Gasteiger partial charge in [0.05, 0.1) is 0 Å². The smallest absolute Gasteiger partial charge is 0.0449 e. The lowest BCUT2D eigenvalue weighted by Gasteiger charge is -2.33. The van der Waals surface area contributed by atoms with Crippen molar-refractivity contribution in [1.29, 1.82) is 0 Å². The van der Waals surface area contributed by atoms with Crippen molar-refractivity contribution in [3.05, 3.63) is 34.9 Å². The largest absolute Gasteiger partial charge is 0.312 e. The summed E-state index contributed by atoms with van der Waals surface area (Å²) < 4.78 is 0. The maximum atomic E-state index is 3.56. The zero-order valence-electron chi connectivity index (χ0n) is 14.3. The number of likely N-dealkylation sites (N-methyl/N-ethyl adjacent to an activating group) is 1.